The molecule has 18 heavy (non-hydrogen) atoms. The summed E-state index contributed by atoms with van der Waals surface area (Å²) >= 11 is 11.4. The summed E-state index contributed by atoms with van der Waals surface area (Å²) < 4.78 is 4.97. The van der Waals surface area contributed by atoms with Gasteiger partial charge >= 0.3 is 0 Å². The molecule has 0 aliphatic carbocycles. The third kappa shape index (κ3) is 3.00. The van der Waals surface area contributed by atoms with Crippen molar-refractivity contribution in [2.75, 3.05) is 0 Å². The summed E-state index contributed by atoms with van der Waals surface area (Å²) in [4.78, 5) is 15.6. The van der Waals surface area contributed by atoms with Gasteiger partial charge in [-0.05, 0) is 13.0 Å². The summed E-state index contributed by atoms with van der Waals surface area (Å²) in [6.07, 6.45) is 1.36. The molecule has 5 nitrogen and oxygen atoms in total. The summed E-state index contributed by atoms with van der Waals surface area (Å²) in [5, 5.41) is 6.78. The van der Waals surface area contributed by atoms with Gasteiger partial charge in [0.05, 0.1) is 22.8 Å². The van der Waals surface area contributed by atoms with Gasteiger partial charge in [-0.2, -0.15) is 0 Å². The molecule has 2 rings (SSSR count). The van der Waals surface area contributed by atoms with Crippen LogP contribution in [-0.2, 0) is 6.54 Å². The van der Waals surface area contributed by atoms with Gasteiger partial charge in [-0.15, -0.1) is 0 Å². The van der Waals surface area contributed by atoms with E-state index in [1.54, 1.807) is 13.0 Å². The Hall–Kier alpha value is -1.59. The first-order valence-electron chi connectivity index (χ1n) is 5.07. The van der Waals surface area contributed by atoms with E-state index >= 15 is 0 Å². The highest BCUT2D eigenvalue weighted by atomic mass is 35.5. The number of carbonyl (C=O) groups is 1. The Balaban J connectivity index is 2.01. The van der Waals surface area contributed by atoms with Crippen molar-refractivity contribution in [2.45, 2.75) is 13.5 Å². The van der Waals surface area contributed by atoms with Crippen molar-refractivity contribution < 1.29 is 9.32 Å². The van der Waals surface area contributed by atoms with Gasteiger partial charge in [0.2, 0.25) is 0 Å². The number of nitrogens with one attached hydrogen (secondary N) is 1. The van der Waals surface area contributed by atoms with Crippen LogP contribution in [0.25, 0.3) is 0 Å². The van der Waals surface area contributed by atoms with E-state index in [1.165, 1.54) is 12.3 Å². The van der Waals surface area contributed by atoms with E-state index in [1.807, 2.05) is 0 Å². The Morgan fingerprint density at radius 3 is 2.83 bits per heavy atom. The van der Waals surface area contributed by atoms with E-state index in [4.69, 9.17) is 27.7 Å². The fourth-order valence-corrected chi connectivity index (χ4v) is 1.58. The Morgan fingerprint density at radius 1 is 1.44 bits per heavy atom. The van der Waals surface area contributed by atoms with E-state index in [-0.39, 0.29) is 22.6 Å². The summed E-state index contributed by atoms with van der Waals surface area (Å²) in [5.74, 6) is 0.268. The predicted molar refractivity (Wildman–Crippen MR) is 66.7 cm³/mol. The fraction of sp³-hybridized carbons (Fsp3) is 0.182. The standard InChI is InChI=1S/C11H9Cl2N3O2/c1-6-2-8(18-16-6)5-15-11(17)7-3-9(12)10(13)14-4-7/h2-4H,5H2,1H3,(H,15,17). The zero-order chi connectivity index (χ0) is 13.1. The Kier molecular flexibility index (Phi) is 3.84. The highest BCUT2D eigenvalue weighted by molar-refractivity contribution is 6.41. The minimum Gasteiger partial charge on any atom is -0.359 e. The zero-order valence-corrected chi connectivity index (χ0v) is 10.9. The molecule has 1 N–H and O–H groups in total. The second kappa shape index (κ2) is 5.37. The molecule has 0 bridgehead atoms. The molecule has 0 atom stereocenters. The summed E-state index contributed by atoms with van der Waals surface area (Å²) in [7, 11) is 0. The minimum absolute atomic E-state index is 0.166. The number of pyridine rings is 1. The quantitative estimate of drug-likeness (QED) is 0.881. The van der Waals surface area contributed by atoms with Crippen LogP contribution in [0.1, 0.15) is 21.8 Å². The van der Waals surface area contributed by atoms with Gasteiger partial charge < -0.3 is 9.84 Å². The van der Waals surface area contributed by atoms with Crippen molar-refractivity contribution in [3.8, 4) is 0 Å². The first-order valence-corrected chi connectivity index (χ1v) is 5.83. The van der Waals surface area contributed by atoms with E-state index in [0.29, 0.717) is 11.3 Å². The molecular formula is C11H9Cl2N3O2. The smallest absolute Gasteiger partial charge is 0.253 e. The molecule has 0 fully saturated rings. The van der Waals surface area contributed by atoms with Gasteiger partial charge in [-0.1, -0.05) is 28.4 Å². The Bertz CT molecular complexity index is 583. The highest BCUT2D eigenvalue weighted by Crippen LogP contribution is 2.19. The van der Waals surface area contributed by atoms with Crippen LogP contribution in [0.4, 0.5) is 0 Å². The number of aryl methyl sites for hydroxylation is 1. The third-order valence-electron chi connectivity index (χ3n) is 2.16. The van der Waals surface area contributed by atoms with Gasteiger partial charge in [-0.3, -0.25) is 4.79 Å². The normalized spacial score (nSPS) is 10.4. The van der Waals surface area contributed by atoms with Crippen LogP contribution in [0, 0.1) is 6.92 Å². The Labute approximate surface area is 113 Å². The first-order chi connectivity index (χ1) is 8.56. The van der Waals surface area contributed by atoms with Crippen molar-refractivity contribution in [3.05, 3.63) is 45.5 Å². The number of aromatic nitrogens is 2. The average Bonchev–Trinajstić information content (AvgIpc) is 2.75. The molecule has 0 saturated carbocycles. The monoisotopic (exact) mass is 285 g/mol. The number of carbonyl (C=O) groups excluding carboxylic acids is 1. The van der Waals surface area contributed by atoms with Crippen LogP contribution in [0.2, 0.25) is 10.2 Å². The zero-order valence-electron chi connectivity index (χ0n) is 9.41. The molecule has 94 valence electrons. The maximum atomic E-state index is 11.8. The van der Waals surface area contributed by atoms with E-state index in [9.17, 15) is 4.79 Å². The van der Waals surface area contributed by atoms with Crippen LogP contribution in [0.3, 0.4) is 0 Å². The topological polar surface area (TPSA) is 68.0 Å². The van der Waals surface area contributed by atoms with Gasteiger partial charge in [0.1, 0.15) is 5.15 Å². The molecule has 2 aromatic rings. The lowest BCUT2D eigenvalue weighted by molar-refractivity contribution is 0.0946. The lowest BCUT2D eigenvalue weighted by atomic mass is 10.2. The first kappa shape index (κ1) is 12.9. The van der Waals surface area contributed by atoms with Crippen LogP contribution in [-0.4, -0.2) is 16.0 Å². The van der Waals surface area contributed by atoms with Gasteiger partial charge in [0.25, 0.3) is 5.91 Å². The van der Waals surface area contributed by atoms with Gasteiger partial charge in [0, 0.05) is 12.3 Å². The Morgan fingerprint density at radius 2 is 2.22 bits per heavy atom. The molecule has 2 heterocycles. The van der Waals surface area contributed by atoms with Crippen molar-refractivity contribution >= 4 is 29.1 Å². The molecule has 0 unspecified atom stereocenters. The molecule has 0 aliphatic rings. The van der Waals surface area contributed by atoms with E-state index in [2.05, 4.69) is 15.5 Å². The minimum atomic E-state index is -0.310. The largest absolute Gasteiger partial charge is 0.359 e. The van der Waals surface area contributed by atoms with E-state index < -0.39 is 0 Å². The number of hydrogen-bond donors (Lipinski definition) is 1. The van der Waals surface area contributed by atoms with Crippen LogP contribution >= 0.6 is 23.2 Å². The van der Waals surface area contributed by atoms with Crippen LogP contribution in [0.5, 0.6) is 0 Å². The highest BCUT2D eigenvalue weighted by Gasteiger charge is 2.10. The molecule has 0 spiro atoms. The third-order valence-corrected chi connectivity index (χ3v) is 2.84. The molecule has 2 aromatic heterocycles. The second-order valence-electron chi connectivity index (χ2n) is 3.61. The molecule has 1 amide bonds. The van der Waals surface area contributed by atoms with Crippen LogP contribution in [0.15, 0.2) is 22.9 Å². The lowest BCUT2D eigenvalue weighted by Gasteiger charge is -2.03. The second-order valence-corrected chi connectivity index (χ2v) is 4.38. The lowest BCUT2D eigenvalue weighted by Crippen LogP contribution is -2.22. The summed E-state index contributed by atoms with van der Waals surface area (Å²) in [6, 6.07) is 3.20. The van der Waals surface area contributed by atoms with Crippen LogP contribution < -0.4 is 5.32 Å². The number of rotatable bonds is 3. The number of halogens is 2. The van der Waals surface area contributed by atoms with Gasteiger partial charge in [-0.25, -0.2) is 4.98 Å². The molecular weight excluding hydrogens is 277 g/mol. The van der Waals surface area contributed by atoms with Crippen molar-refractivity contribution in [2.24, 2.45) is 0 Å². The van der Waals surface area contributed by atoms with E-state index in [0.717, 1.165) is 5.69 Å². The molecule has 0 aliphatic heterocycles. The fourth-order valence-electron chi connectivity index (χ4n) is 1.31. The van der Waals surface area contributed by atoms with Crippen molar-refractivity contribution in [1.29, 1.82) is 0 Å². The number of amides is 1. The maximum Gasteiger partial charge on any atom is 0.253 e. The molecule has 0 aromatic carbocycles. The van der Waals surface area contributed by atoms with Gasteiger partial charge in [0.15, 0.2) is 5.76 Å². The molecule has 0 radical (unpaired) electrons. The summed E-state index contributed by atoms with van der Waals surface area (Å²) in [5.41, 5.74) is 1.09. The maximum absolute atomic E-state index is 11.8. The average molecular weight is 286 g/mol. The SMILES string of the molecule is Cc1cc(CNC(=O)c2cnc(Cl)c(Cl)c2)on1. The van der Waals surface area contributed by atoms with Crippen molar-refractivity contribution in [3.63, 3.8) is 0 Å². The molecule has 7 heteroatoms. The summed E-state index contributed by atoms with van der Waals surface area (Å²) in [6.45, 7) is 2.05. The number of nitrogens with zero attached hydrogens (tertiary/aromatic N) is 2. The van der Waals surface area contributed by atoms with Crippen molar-refractivity contribution in [1.82, 2.24) is 15.5 Å². The predicted octanol–water partition coefficient (Wildman–Crippen LogP) is 2.61. The number of hydrogen-bond acceptors (Lipinski definition) is 4. The molecule has 0 saturated heterocycles.